The second-order valence-electron chi connectivity index (χ2n) is 7.55. The van der Waals surface area contributed by atoms with Gasteiger partial charge in [-0.15, -0.1) is 0 Å². The minimum atomic E-state index is -0.294. The highest BCUT2D eigenvalue weighted by molar-refractivity contribution is 6.33. The summed E-state index contributed by atoms with van der Waals surface area (Å²) in [6.07, 6.45) is 0.901. The van der Waals surface area contributed by atoms with Crippen LogP contribution in [-0.4, -0.2) is 40.8 Å². The van der Waals surface area contributed by atoms with E-state index < -0.39 is 0 Å². The van der Waals surface area contributed by atoms with Crippen LogP contribution in [0.4, 0.5) is 4.39 Å². The Balaban J connectivity index is 1.49. The summed E-state index contributed by atoms with van der Waals surface area (Å²) in [6.45, 7) is 3.48. The van der Waals surface area contributed by atoms with E-state index in [4.69, 9.17) is 16.3 Å². The summed E-state index contributed by atoms with van der Waals surface area (Å²) < 4.78 is 19.9. The molecule has 1 aliphatic rings. The predicted octanol–water partition coefficient (Wildman–Crippen LogP) is 4.67. The average molecular weight is 428 g/mol. The highest BCUT2D eigenvalue weighted by atomic mass is 35.5. The SMILES string of the molecule is COc1ccc(C2CCN(C(=O)c3c(C)nn(Cc4ccc(F)cc4)c3Cl)C2)cc1. The molecule has 0 radical (unpaired) electrons. The number of aromatic nitrogens is 2. The summed E-state index contributed by atoms with van der Waals surface area (Å²) >= 11 is 6.54. The number of hydrogen-bond acceptors (Lipinski definition) is 3. The number of halogens is 2. The van der Waals surface area contributed by atoms with Gasteiger partial charge in [0.1, 0.15) is 16.7 Å². The van der Waals surface area contributed by atoms with Crippen LogP contribution in [0.5, 0.6) is 5.75 Å². The standard InChI is InChI=1S/C23H23ClFN3O2/c1-15-21(22(24)28(26-15)13-16-3-7-19(25)8-4-16)23(29)27-12-11-18(14-27)17-5-9-20(30-2)10-6-17/h3-10,18H,11-14H2,1-2H3. The first-order chi connectivity index (χ1) is 14.5. The van der Waals surface area contributed by atoms with Gasteiger partial charge in [-0.25, -0.2) is 9.07 Å². The van der Waals surface area contributed by atoms with E-state index >= 15 is 0 Å². The molecule has 1 fully saturated rings. The molecule has 0 spiro atoms. The molecule has 5 nitrogen and oxygen atoms in total. The van der Waals surface area contributed by atoms with Gasteiger partial charge in [0, 0.05) is 19.0 Å². The minimum Gasteiger partial charge on any atom is -0.497 e. The summed E-state index contributed by atoms with van der Waals surface area (Å²) in [7, 11) is 1.65. The fraction of sp³-hybridized carbons (Fsp3) is 0.304. The Morgan fingerprint density at radius 2 is 1.90 bits per heavy atom. The Hall–Kier alpha value is -2.86. The number of nitrogens with zero attached hydrogens (tertiary/aromatic N) is 3. The molecule has 1 saturated heterocycles. The lowest BCUT2D eigenvalue weighted by molar-refractivity contribution is 0.0790. The summed E-state index contributed by atoms with van der Waals surface area (Å²) in [4.78, 5) is 15.0. The molecule has 0 saturated carbocycles. The molecule has 0 N–H and O–H groups in total. The highest BCUT2D eigenvalue weighted by Crippen LogP contribution is 2.31. The number of carbonyl (C=O) groups is 1. The number of ether oxygens (including phenoxy) is 1. The lowest BCUT2D eigenvalue weighted by Gasteiger charge is -2.17. The number of hydrogen-bond donors (Lipinski definition) is 0. The van der Waals surface area contributed by atoms with Gasteiger partial charge in [0.2, 0.25) is 0 Å². The molecule has 1 amide bonds. The van der Waals surface area contributed by atoms with Crippen molar-refractivity contribution in [3.8, 4) is 5.75 Å². The Labute approximate surface area is 180 Å². The van der Waals surface area contributed by atoms with Gasteiger partial charge >= 0.3 is 0 Å². The van der Waals surface area contributed by atoms with Gasteiger partial charge in [0.15, 0.2) is 0 Å². The Bertz CT molecular complexity index is 1050. The van der Waals surface area contributed by atoms with Crippen LogP contribution in [0, 0.1) is 12.7 Å². The van der Waals surface area contributed by atoms with Crippen molar-refractivity contribution >= 4 is 17.5 Å². The first-order valence-corrected chi connectivity index (χ1v) is 10.2. The van der Waals surface area contributed by atoms with Gasteiger partial charge in [-0.2, -0.15) is 5.10 Å². The lowest BCUT2D eigenvalue weighted by atomic mass is 9.98. The Morgan fingerprint density at radius 3 is 2.57 bits per heavy atom. The van der Waals surface area contributed by atoms with Gasteiger partial charge in [-0.3, -0.25) is 4.79 Å². The fourth-order valence-electron chi connectivity index (χ4n) is 3.91. The maximum absolute atomic E-state index is 13.2. The molecule has 3 aromatic rings. The highest BCUT2D eigenvalue weighted by Gasteiger charge is 2.31. The van der Waals surface area contributed by atoms with Crippen LogP contribution >= 0.6 is 11.6 Å². The fourth-order valence-corrected chi connectivity index (χ4v) is 4.23. The maximum atomic E-state index is 13.2. The van der Waals surface area contributed by atoms with Crippen molar-refractivity contribution in [2.45, 2.75) is 25.8 Å². The van der Waals surface area contributed by atoms with E-state index in [1.165, 1.54) is 17.7 Å². The third-order valence-electron chi connectivity index (χ3n) is 5.59. The molecule has 1 unspecified atom stereocenters. The number of carbonyl (C=O) groups excluding carboxylic acids is 1. The molecule has 1 atom stereocenters. The van der Waals surface area contributed by atoms with Crippen LogP contribution in [0.3, 0.4) is 0 Å². The molecule has 2 heterocycles. The predicted molar refractivity (Wildman–Crippen MR) is 114 cm³/mol. The molecule has 7 heteroatoms. The zero-order valence-electron chi connectivity index (χ0n) is 16.9. The van der Waals surface area contributed by atoms with E-state index in [0.717, 1.165) is 17.7 Å². The zero-order valence-corrected chi connectivity index (χ0v) is 17.7. The van der Waals surface area contributed by atoms with Crippen LogP contribution in [0.15, 0.2) is 48.5 Å². The van der Waals surface area contributed by atoms with Crippen molar-refractivity contribution < 1.29 is 13.9 Å². The minimum absolute atomic E-state index is 0.0983. The van der Waals surface area contributed by atoms with Gasteiger partial charge in [-0.05, 0) is 48.7 Å². The normalized spacial score (nSPS) is 16.1. The summed E-state index contributed by atoms with van der Waals surface area (Å²) in [5.74, 6) is 0.713. The van der Waals surface area contributed by atoms with Crippen molar-refractivity contribution in [1.82, 2.24) is 14.7 Å². The van der Waals surface area contributed by atoms with Gasteiger partial charge < -0.3 is 9.64 Å². The van der Waals surface area contributed by atoms with E-state index in [1.54, 1.807) is 30.8 Å². The number of rotatable bonds is 5. The van der Waals surface area contributed by atoms with Gasteiger partial charge in [-0.1, -0.05) is 35.9 Å². The molecular formula is C23H23ClFN3O2. The van der Waals surface area contributed by atoms with E-state index in [0.29, 0.717) is 36.0 Å². The largest absolute Gasteiger partial charge is 0.497 e. The molecule has 2 aromatic carbocycles. The van der Waals surface area contributed by atoms with Crippen LogP contribution in [0.1, 0.15) is 39.5 Å². The van der Waals surface area contributed by atoms with E-state index in [9.17, 15) is 9.18 Å². The van der Waals surface area contributed by atoms with Gasteiger partial charge in [0.05, 0.1) is 24.9 Å². The lowest BCUT2D eigenvalue weighted by Crippen LogP contribution is -2.29. The smallest absolute Gasteiger partial charge is 0.258 e. The molecule has 0 aliphatic carbocycles. The van der Waals surface area contributed by atoms with Crippen molar-refractivity contribution in [3.05, 3.63) is 81.9 Å². The second-order valence-corrected chi connectivity index (χ2v) is 7.90. The Morgan fingerprint density at radius 1 is 1.20 bits per heavy atom. The summed E-state index contributed by atoms with van der Waals surface area (Å²) in [5.41, 5.74) is 3.09. The molecule has 1 aliphatic heterocycles. The van der Waals surface area contributed by atoms with E-state index in [1.807, 2.05) is 17.0 Å². The topological polar surface area (TPSA) is 47.4 Å². The van der Waals surface area contributed by atoms with Crippen LogP contribution in [0.25, 0.3) is 0 Å². The van der Waals surface area contributed by atoms with Gasteiger partial charge in [0.25, 0.3) is 5.91 Å². The molecule has 30 heavy (non-hydrogen) atoms. The van der Waals surface area contributed by atoms with Crippen LogP contribution in [0.2, 0.25) is 5.15 Å². The quantitative estimate of drug-likeness (QED) is 0.594. The average Bonchev–Trinajstić information content (AvgIpc) is 3.35. The van der Waals surface area contributed by atoms with Crippen molar-refractivity contribution in [2.75, 3.05) is 20.2 Å². The van der Waals surface area contributed by atoms with Crippen molar-refractivity contribution in [3.63, 3.8) is 0 Å². The second kappa shape index (κ2) is 8.48. The van der Waals surface area contributed by atoms with Crippen LogP contribution < -0.4 is 4.74 Å². The monoisotopic (exact) mass is 427 g/mol. The van der Waals surface area contributed by atoms with Crippen molar-refractivity contribution in [2.24, 2.45) is 0 Å². The number of methoxy groups -OCH3 is 1. The summed E-state index contributed by atoms with van der Waals surface area (Å²) in [6, 6.07) is 14.2. The van der Waals surface area contributed by atoms with E-state index in [-0.39, 0.29) is 17.6 Å². The third kappa shape index (κ3) is 4.05. The first-order valence-electron chi connectivity index (χ1n) is 9.87. The number of benzene rings is 2. The zero-order chi connectivity index (χ0) is 21.3. The first kappa shape index (κ1) is 20.4. The molecule has 156 valence electrons. The van der Waals surface area contributed by atoms with Crippen LogP contribution in [-0.2, 0) is 6.54 Å². The molecule has 0 bridgehead atoms. The number of likely N-dealkylation sites (tertiary alicyclic amines) is 1. The summed E-state index contributed by atoms with van der Waals surface area (Å²) in [5, 5.41) is 4.76. The van der Waals surface area contributed by atoms with Crippen molar-refractivity contribution in [1.29, 1.82) is 0 Å². The maximum Gasteiger partial charge on any atom is 0.258 e. The Kier molecular flexibility index (Phi) is 5.77. The number of amides is 1. The molecular weight excluding hydrogens is 405 g/mol. The molecule has 4 rings (SSSR count). The third-order valence-corrected chi connectivity index (χ3v) is 5.97. The number of aryl methyl sites for hydroxylation is 1. The molecule has 1 aromatic heterocycles. The van der Waals surface area contributed by atoms with E-state index in [2.05, 4.69) is 17.2 Å².